The van der Waals surface area contributed by atoms with Crippen LogP contribution in [-0.4, -0.2) is 4.98 Å². The fourth-order valence-corrected chi connectivity index (χ4v) is 6.13. The van der Waals surface area contributed by atoms with Gasteiger partial charge in [0.2, 0.25) is 0 Å². The van der Waals surface area contributed by atoms with Crippen LogP contribution in [0.2, 0.25) is 0 Å². The SMILES string of the molecule is FC(F)(F)c1ccc(-c2ccc3cc(-c4ccc(-c5ccc6sc7ncccc7c6c5)cc4)ccc3c2)cc1. The van der Waals surface area contributed by atoms with E-state index in [1.165, 1.54) is 33.2 Å². The summed E-state index contributed by atoms with van der Waals surface area (Å²) in [5.74, 6) is 0. The molecule has 0 fully saturated rings. The molecule has 188 valence electrons. The van der Waals surface area contributed by atoms with Crippen molar-refractivity contribution in [1.29, 1.82) is 0 Å². The van der Waals surface area contributed by atoms with Crippen molar-refractivity contribution in [3.05, 3.63) is 127 Å². The number of pyridine rings is 1. The first-order chi connectivity index (χ1) is 18.9. The molecule has 0 amide bonds. The van der Waals surface area contributed by atoms with Crippen LogP contribution < -0.4 is 0 Å². The van der Waals surface area contributed by atoms with E-state index in [9.17, 15) is 13.2 Å². The van der Waals surface area contributed by atoms with Gasteiger partial charge in [-0.1, -0.05) is 66.7 Å². The molecule has 39 heavy (non-hydrogen) atoms. The van der Waals surface area contributed by atoms with Crippen molar-refractivity contribution in [3.8, 4) is 33.4 Å². The third kappa shape index (κ3) is 4.35. The number of hydrogen-bond acceptors (Lipinski definition) is 2. The highest BCUT2D eigenvalue weighted by molar-refractivity contribution is 7.25. The number of benzene rings is 5. The maximum absolute atomic E-state index is 12.9. The molecule has 0 saturated heterocycles. The Bertz CT molecular complexity index is 1990. The van der Waals surface area contributed by atoms with Gasteiger partial charge in [-0.2, -0.15) is 13.2 Å². The molecule has 0 unspecified atom stereocenters. The first kappa shape index (κ1) is 23.6. The van der Waals surface area contributed by atoms with E-state index in [0.717, 1.165) is 55.6 Å². The Kier molecular flexibility index (Phi) is 5.49. The Labute approximate surface area is 226 Å². The Hall–Kier alpha value is -4.48. The van der Waals surface area contributed by atoms with Crippen molar-refractivity contribution in [2.24, 2.45) is 0 Å². The van der Waals surface area contributed by atoms with Gasteiger partial charge in [-0.15, -0.1) is 11.3 Å². The molecular weight excluding hydrogens is 511 g/mol. The van der Waals surface area contributed by atoms with E-state index >= 15 is 0 Å². The lowest BCUT2D eigenvalue weighted by Gasteiger charge is -2.10. The van der Waals surface area contributed by atoms with Gasteiger partial charge in [-0.05, 0) is 92.7 Å². The Morgan fingerprint density at radius 2 is 1.03 bits per heavy atom. The predicted molar refractivity (Wildman–Crippen MR) is 156 cm³/mol. The summed E-state index contributed by atoms with van der Waals surface area (Å²) in [7, 11) is 0. The van der Waals surface area contributed by atoms with Crippen molar-refractivity contribution in [2.75, 3.05) is 0 Å². The van der Waals surface area contributed by atoms with Gasteiger partial charge in [-0.3, -0.25) is 0 Å². The number of nitrogens with zero attached hydrogens (tertiary/aromatic N) is 1. The topological polar surface area (TPSA) is 12.9 Å². The number of rotatable bonds is 3. The first-order valence-corrected chi connectivity index (χ1v) is 13.3. The van der Waals surface area contributed by atoms with Crippen LogP contribution in [0.25, 0.3) is 64.5 Å². The number of hydrogen-bond donors (Lipinski definition) is 0. The molecule has 0 spiro atoms. The number of alkyl halides is 3. The highest BCUT2D eigenvalue weighted by atomic mass is 32.1. The third-order valence-electron chi connectivity index (χ3n) is 7.18. The summed E-state index contributed by atoms with van der Waals surface area (Å²) >= 11 is 1.71. The molecule has 0 radical (unpaired) electrons. The molecule has 0 saturated carbocycles. The van der Waals surface area contributed by atoms with Crippen molar-refractivity contribution in [3.63, 3.8) is 0 Å². The van der Waals surface area contributed by atoms with Gasteiger partial charge in [0.15, 0.2) is 0 Å². The Morgan fingerprint density at radius 3 is 1.62 bits per heavy atom. The minimum Gasteiger partial charge on any atom is -0.245 e. The normalized spacial score (nSPS) is 12.0. The van der Waals surface area contributed by atoms with Gasteiger partial charge in [-0.25, -0.2) is 4.98 Å². The van der Waals surface area contributed by atoms with E-state index in [0.29, 0.717) is 0 Å². The molecule has 0 aliphatic rings. The van der Waals surface area contributed by atoms with Gasteiger partial charge >= 0.3 is 6.18 Å². The summed E-state index contributed by atoms with van der Waals surface area (Å²) in [6.07, 6.45) is -2.50. The van der Waals surface area contributed by atoms with E-state index in [-0.39, 0.29) is 0 Å². The lowest BCUT2D eigenvalue weighted by Crippen LogP contribution is -2.03. The smallest absolute Gasteiger partial charge is 0.245 e. The minimum atomic E-state index is -4.33. The maximum Gasteiger partial charge on any atom is 0.416 e. The quantitative estimate of drug-likeness (QED) is 0.221. The van der Waals surface area contributed by atoms with E-state index in [1.807, 2.05) is 30.5 Å². The van der Waals surface area contributed by atoms with Crippen molar-refractivity contribution in [2.45, 2.75) is 6.18 Å². The fourth-order valence-electron chi connectivity index (χ4n) is 5.10. The van der Waals surface area contributed by atoms with Crippen molar-refractivity contribution < 1.29 is 13.2 Å². The van der Waals surface area contributed by atoms with Crippen LogP contribution in [0.1, 0.15) is 5.56 Å². The summed E-state index contributed by atoms with van der Waals surface area (Å²) in [5, 5.41) is 4.54. The largest absolute Gasteiger partial charge is 0.416 e. The number of thiophene rings is 1. The van der Waals surface area contributed by atoms with Crippen LogP contribution >= 0.6 is 11.3 Å². The second-order valence-electron chi connectivity index (χ2n) is 9.60. The molecule has 5 aromatic carbocycles. The molecule has 7 rings (SSSR count). The van der Waals surface area contributed by atoms with Crippen LogP contribution in [0.4, 0.5) is 13.2 Å². The van der Waals surface area contributed by atoms with Gasteiger partial charge in [0, 0.05) is 21.7 Å². The van der Waals surface area contributed by atoms with Gasteiger partial charge < -0.3 is 0 Å². The molecule has 7 aromatic rings. The lowest BCUT2D eigenvalue weighted by atomic mass is 9.96. The summed E-state index contributed by atoms with van der Waals surface area (Å²) in [5.41, 5.74) is 5.58. The summed E-state index contributed by atoms with van der Waals surface area (Å²) < 4.78 is 40.0. The highest BCUT2D eigenvalue weighted by Crippen LogP contribution is 2.36. The number of fused-ring (bicyclic) bond motifs is 4. The van der Waals surface area contributed by atoms with Gasteiger partial charge in [0.1, 0.15) is 4.83 Å². The van der Waals surface area contributed by atoms with E-state index in [1.54, 1.807) is 11.3 Å². The predicted octanol–water partition coefficient (Wildman–Crippen LogP) is 10.6. The van der Waals surface area contributed by atoms with Crippen molar-refractivity contribution in [1.82, 2.24) is 4.98 Å². The van der Waals surface area contributed by atoms with Gasteiger partial charge in [0.25, 0.3) is 0 Å². The van der Waals surface area contributed by atoms with Crippen LogP contribution in [-0.2, 0) is 6.18 Å². The molecule has 5 heteroatoms. The number of aromatic nitrogens is 1. The molecule has 1 nitrogen and oxygen atoms in total. The molecule has 0 aliphatic heterocycles. The summed E-state index contributed by atoms with van der Waals surface area (Å²) in [6.45, 7) is 0. The standard InChI is InChI=1S/C34H20F3NS/c35-34(36,37)29-14-11-23(12-15-29)25-8-10-26-18-24(7-9-27(26)19-25)21-3-5-22(6-4-21)28-13-16-32-31(20-28)30-2-1-17-38-33(30)39-32/h1-20H. The van der Waals surface area contributed by atoms with Gasteiger partial charge in [0.05, 0.1) is 5.56 Å². The second-order valence-corrected chi connectivity index (χ2v) is 10.6. The highest BCUT2D eigenvalue weighted by Gasteiger charge is 2.29. The molecule has 2 aromatic heterocycles. The molecular formula is C34H20F3NS. The zero-order valence-electron chi connectivity index (χ0n) is 20.5. The second kappa shape index (κ2) is 9.07. The Balaban J connectivity index is 1.17. The minimum absolute atomic E-state index is 0.638. The Morgan fingerprint density at radius 1 is 0.513 bits per heavy atom. The van der Waals surface area contributed by atoms with E-state index in [2.05, 4.69) is 71.7 Å². The zero-order chi connectivity index (χ0) is 26.6. The molecule has 0 aliphatic carbocycles. The van der Waals surface area contributed by atoms with Crippen molar-refractivity contribution >= 4 is 42.4 Å². The van der Waals surface area contributed by atoms with Crippen LogP contribution in [0.5, 0.6) is 0 Å². The molecule has 0 N–H and O–H groups in total. The lowest BCUT2D eigenvalue weighted by molar-refractivity contribution is -0.137. The van der Waals surface area contributed by atoms with E-state index < -0.39 is 11.7 Å². The number of halogens is 3. The summed E-state index contributed by atoms with van der Waals surface area (Å²) in [6, 6.07) is 36.9. The molecule has 0 atom stereocenters. The van der Waals surface area contributed by atoms with Crippen LogP contribution in [0.15, 0.2) is 121 Å². The summed E-state index contributed by atoms with van der Waals surface area (Å²) in [4.78, 5) is 5.56. The zero-order valence-corrected chi connectivity index (χ0v) is 21.4. The van der Waals surface area contributed by atoms with Crippen LogP contribution in [0.3, 0.4) is 0 Å². The fraction of sp³-hybridized carbons (Fsp3) is 0.0294. The monoisotopic (exact) mass is 531 g/mol. The maximum atomic E-state index is 12.9. The average molecular weight is 532 g/mol. The average Bonchev–Trinajstić information content (AvgIpc) is 3.34. The molecule has 0 bridgehead atoms. The van der Waals surface area contributed by atoms with Crippen LogP contribution in [0, 0.1) is 0 Å². The first-order valence-electron chi connectivity index (χ1n) is 12.5. The third-order valence-corrected chi connectivity index (χ3v) is 8.28. The molecule has 2 heterocycles. The van der Waals surface area contributed by atoms with E-state index in [4.69, 9.17) is 0 Å².